The van der Waals surface area contributed by atoms with E-state index in [1.165, 1.54) is 29.5 Å². The number of benzene rings is 1. The van der Waals surface area contributed by atoms with Crippen LogP contribution in [0.3, 0.4) is 0 Å². The fraction of sp³-hybridized carbons (Fsp3) is 0.231. The monoisotopic (exact) mass is 350 g/mol. The summed E-state index contributed by atoms with van der Waals surface area (Å²) in [6.07, 6.45) is -0.403. The van der Waals surface area contributed by atoms with Gasteiger partial charge >= 0.3 is 29.6 Å². The summed E-state index contributed by atoms with van der Waals surface area (Å²) >= 11 is 1.43. The quantitative estimate of drug-likeness (QED) is 0.549. The molecule has 22 heavy (non-hydrogen) atoms. The molecule has 0 amide bonds. The van der Waals surface area contributed by atoms with Crippen LogP contribution in [0.5, 0.6) is 17.2 Å². The molecule has 0 fully saturated rings. The van der Waals surface area contributed by atoms with Crippen molar-refractivity contribution in [3.8, 4) is 17.2 Å². The van der Waals surface area contributed by atoms with E-state index in [2.05, 4.69) is 0 Å². The van der Waals surface area contributed by atoms with Crippen LogP contribution < -0.4 is 39.0 Å². The summed E-state index contributed by atoms with van der Waals surface area (Å²) in [5, 5.41) is 13.4. The van der Waals surface area contributed by atoms with Crippen LogP contribution in [0.2, 0.25) is 0 Å². The van der Waals surface area contributed by atoms with E-state index >= 15 is 0 Å². The number of hydrogen-bond donors (Lipinski definition) is 1. The normalized spacial score (nSPS) is 16.9. The number of aromatic hydroxyl groups is 1. The second kappa shape index (κ2) is 6.77. The van der Waals surface area contributed by atoms with Gasteiger partial charge in [-0.15, -0.1) is 11.3 Å². The summed E-state index contributed by atoms with van der Waals surface area (Å²) < 4.78 is 45.0. The van der Waals surface area contributed by atoms with Gasteiger partial charge in [-0.3, -0.25) is 0 Å². The Bertz CT molecular complexity index is 771. The Hall–Kier alpha value is -0.770. The molecule has 1 unspecified atom stereocenters. The number of ether oxygens (including phenoxy) is 2. The van der Waals surface area contributed by atoms with E-state index in [0.29, 0.717) is 11.5 Å². The molecule has 0 radical (unpaired) electrons. The number of phenolic OH excluding ortho intramolecular Hbond substituents is 1. The third-order valence-corrected chi connectivity index (χ3v) is 4.74. The van der Waals surface area contributed by atoms with E-state index in [0.717, 1.165) is 0 Å². The maximum atomic E-state index is 11.3. The van der Waals surface area contributed by atoms with Gasteiger partial charge in [0.15, 0.2) is 11.5 Å². The molecule has 9 heteroatoms. The Morgan fingerprint density at radius 3 is 2.77 bits per heavy atom. The minimum atomic E-state index is -4.66. The van der Waals surface area contributed by atoms with Crippen LogP contribution in [0.15, 0.2) is 33.9 Å². The topological polar surface area (TPSA) is 95.9 Å². The van der Waals surface area contributed by atoms with Gasteiger partial charge in [0, 0.05) is 22.7 Å². The van der Waals surface area contributed by atoms with Crippen LogP contribution in [0, 0.1) is 0 Å². The van der Waals surface area contributed by atoms with E-state index in [1.54, 1.807) is 10.8 Å². The van der Waals surface area contributed by atoms with Gasteiger partial charge in [-0.25, -0.2) is 8.42 Å². The zero-order valence-corrected chi connectivity index (χ0v) is 15.3. The Morgan fingerprint density at radius 1 is 1.32 bits per heavy atom. The van der Waals surface area contributed by atoms with Crippen molar-refractivity contribution in [1.82, 2.24) is 0 Å². The average Bonchev–Trinajstić information content (AvgIpc) is 2.87. The van der Waals surface area contributed by atoms with Gasteiger partial charge in [-0.05, 0) is 12.1 Å². The van der Waals surface area contributed by atoms with Gasteiger partial charge in [0.25, 0.3) is 0 Å². The molecule has 6 nitrogen and oxygen atoms in total. The molecular weight excluding hydrogens is 339 g/mol. The summed E-state index contributed by atoms with van der Waals surface area (Å²) in [7, 11) is -4.66. The number of rotatable bonds is 3. The summed E-state index contributed by atoms with van der Waals surface area (Å²) in [4.78, 5) is -0.429. The van der Waals surface area contributed by atoms with Crippen LogP contribution in [0.1, 0.15) is 5.56 Å². The smallest absolute Gasteiger partial charge is 0.744 e. The SMILES string of the molecule is O=S(=O)([O-])c1cccc(O)c1CC1COc2cscc2O1.[Na+]. The largest absolute Gasteiger partial charge is 1.00 e. The van der Waals surface area contributed by atoms with Crippen LogP contribution in [0.25, 0.3) is 0 Å². The van der Waals surface area contributed by atoms with E-state index in [4.69, 9.17) is 9.47 Å². The first-order valence-corrected chi connectivity index (χ1v) is 8.42. The maximum absolute atomic E-state index is 11.3. The molecule has 1 atom stereocenters. The Morgan fingerprint density at radius 2 is 2.05 bits per heavy atom. The molecule has 1 aliphatic rings. The van der Waals surface area contributed by atoms with Crippen LogP contribution >= 0.6 is 11.3 Å². The molecule has 1 aromatic heterocycles. The van der Waals surface area contributed by atoms with Crippen LogP contribution in [0.4, 0.5) is 0 Å². The molecule has 1 aliphatic heterocycles. The van der Waals surface area contributed by atoms with E-state index in [1.807, 2.05) is 0 Å². The second-order valence-corrected chi connectivity index (χ2v) is 6.65. The van der Waals surface area contributed by atoms with Gasteiger partial charge in [-0.2, -0.15) is 0 Å². The molecule has 1 aromatic carbocycles. The predicted molar refractivity (Wildman–Crippen MR) is 74.0 cm³/mol. The van der Waals surface area contributed by atoms with Crippen molar-refractivity contribution in [1.29, 1.82) is 0 Å². The fourth-order valence-corrected chi connectivity index (χ4v) is 3.59. The molecule has 0 saturated heterocycles. The average molecular weight is 350 g/mol. The Labute approximate surface area is 153 Å². The summed E-state index contributed by atoms with van der Waals surface area (Å²) in [5.41, 5.74) is 0.0554. The van der Waals surface area contributed by atoms with E-state index < -0.39 is 21.1 Å². The van der Waals surface area contributed by atoms with Crippen molar-refractivity contribution >= 4 is 21.5 Å². The first-order chi connectivity index (χ1) is 9.95. The molecule has 0 spiro atoms. The summed E-state index contributed by atoms with van der Waals surface area (Å²) in [5.74, 6) is 0.982. The van der Waals surface area contributed by atoms with E-state index in [-0.39, 0.29) is 53.9 Å². The molecule has 2 heterocycles. The second-order valence-electron chi connectivity index (χ2n) is 4.56. The van der Waals surface area contributed by atoms with E-state index in [9.17, 15) is 18.1 Å². The molecular formula is C13H11NaO6S2. The van der Waals surface area contributed by atoms with Crippen molar-refractivity contribution in [3.05, 3.63) is 34.5 Å². The molecule has 0 aliphatic carbocycles. The third kappa shape index (κ3) is 3.58. The molecule has 2 aromatic rings. The number of phenols is 1. The van der Waals surface area contributed by atoms with Gasteiger partial charge in [0.05, 0.1) is 4.90 Å². The molecule has 0 bridgehead atoms. The number of thiophene rings is 1. The zero-order chi connectivity index (χ0) is 15.0. The zero-order valence-electron chi connectivity index (χ0n) is 11.7. The van der Waals surface area contributed by atoms with Crippen molar-refractivity contribution in [3.63, 3.8) is 0 Å². The molecule has 1 N–H and O–H groups in total. The van der Waals surface area contributed by atoms with Crippen molar-refractivity contribution in [2.24, 2.45) is 0 Å². The van der Waals surface area contributed by atoms with Gasteiger partial charge in [0.1, 0.15) is 28.6 Å². The first kappa shape index (κ1) is 17.6. The van der Waals surface area contributed by atoms with Crippen molar-refractivity contribution in [2.45, 2.75) is 17.4 Å². The molecule has 3 rings (SSSR count). The van der Waals surface area contributed by atoms with Gasteiger partial charge in [0.2, 0.25) is 0 Å². The standard InChI is InChI=1S/C13H12O6S2.Na/c14-10-2-1-3-13(21(15,16)17)9(10)4-8-5-18-11-6-20-7-12(11)19-8;/h1-3,6-8,14H,4-5H2,(H,15,16,17);/q;+1/p-1. The minimum absolute atomic E-state index is 0. The molecule has 0 saturated carbocycles. The minimum Gasteiger partial charge on any atom is -0.744 e. The third-order valence-electron chi connectivity index (χ3n) is 3.12. The van der Waals surface area contributed by atoms with Gasteiger partial charge < -0.3 is 19.1 Å². The van der Waals surface area contributed by atoms with Crippen molar-refractivity contribution < 1.29 is 57.1 Å². The maximum Gasteiger partial charge on any atom is 1.00 e. The fourth-order valence-electron chi connectivity index (χ4n) is 2.18. The summed E-state index contributed by atoms with van der Waals surface area (Å²) in [6, 6.07) is 3.83. The predicted octanol–water partition coefficient (Wildman–Crippen LogP) is -1.26. The first-order valence-electron chi connectivity index (χ1n) is 6.07. The molecule has 112 valence electrons. The summed E-state index contributed by atoms with van der Waals surface area (Å²) in [6.45, 7) is 0.219. The Kier molecular flexibility index (Phi) is 5.41. The van der Waals surface area contributed by atoms with Crippen LogP contribution in [-0.2, 0) is 16.5 Å². The number of fused-ring (bicyclic) bond motifs is 1. The Balaban J connectivity index is 0.00000176. The van der Waals surface area contributed by atoms with Crippen molar-refractivity contribution in [2.75, 3.05) is 6.61 Å². The van der Waals surface area contributed by atoms with Crippen LogP contribution in [-0.4, -0.2) is 30.8 Å². The van der Waals surface area contributed by atoms with Gasteiger partial charge in [-0.1, -0.05) is 6.07 Å². The number of hydrogen-bond acceptors (Lipinski definition) is 7.